The van der Waals surface area contributed by atoms with Crippen LogP contribution in [0.15, 0.2) is 36.4 Å². The minimum absolute atomic E-state index is 0.285. The number of methoxy groups -OCH3 is 1. The van der Waals surface area contributed by atoms with E-state index < -0.39 is 0 Å². The normalized spacial score (nSPS) is 16.5. The zero-order valence-electron chi connectivity index (χ0n) is 14.9. The van der Waals surface area contributed by atoms with Crippen LogP contribution in [-0.2, 0) is 0 Å². The number of piperidine rings is 1. The highest BCUT2D eigenvalue weighted by Gasteiger charge is 2.22. The number of anilines is 1. The van der Waals surface area contributed by atoms with E-state index in [9.17, 15) is 0 Å². The Kier molecular flexibility index (Phi) is 4.92. The van der Waals surface area contributed by atoms with Crippen molar-refractivity contribution in [1.29, 1.82) is 0 Å². The van der Waals surface area contributed by atoms with Crippen LogP contribution in [0.5, 0.6) is 5.75 Å². The van der Waals surface area contributed by atoms with Crippen molar-refractivity contribution >= 4 is 11.5 Å². The summed E-state index contributed by atoms with van der Waals surface area (Å²) in [5.74, 6) is 1.64. The van der Waals surface area contributed by atoms with Gasteiger partial charge in [0.15, 0.2) is 5.65 Å². The SMILES string of the molecule is COc1ccc(C(CNc2ccc3nnnn3n2)N2CCCCC2)cc1. The standard InChI is InChI=1S/C18H23N7O/c1-26-15-7-5-14(6-8-15)16(24-11-3-2-4-12-24)13-19-17-9-10-18-20-22-23-25(18)21-17/h5-10,16H,2-4,11-13H2,1H3,(H,19,21). The molecule has 8 heteroatoms. The number of ether oxygens (including phenoxy) is 1. The van der Waals surface area contributed by atoms with Crippen LogP contribution in [0.25, 0.3) is 5.65 Å². The number of rotatable bonds is 6. The Morgan fingerprint density at radius 1 is 1.08 bits per heavy atom. The van der Waals surface area contributed by atoms with Gasteiger partial charge >= 0.3 is 0 Å². The zero-order chi connectivity index (χ0) is 17.8. The quantitative estimate of drug-likeness (QED) is 0.727. The first-order chi connectivity index (χ1) is 12.8. The van der Waals surface area contributed by atoms with Gasteiger partial charge in [-0.1, -0.05) is 18.6 Å². The molecular weight excluding hydrogens is 330 g/mol. The van der Waals surface area contributed by atoms with Crippen molar-refractivity contribution < 1.29 is 4.74 Å². The lowest BCUT2D eigenvalue weighted by atomic mass is 10.0. The predicted octanol–water partition coefficient (Wildman–Crippen LogP) is 2.17. The molecule has 0 amide bonds. The molecule has 3 heterocycles. The van der Waals surface area contributed by atoms with E-state index in [0.29, 0.717) is 5.65 Å². The van der Waals surface area contributed by atoms with Crippen LogP contribution in [0.3, 0.4) is 0 Å². The molecular formula is C18H23N7O. The highest BCUT2D eigenvalue weighted by atomic mass is 16.5. The molecule has 0 bridgehead atoms. The Bertz CT molecular complexity index is 842. The van der Waals surface area contributed by atoms with Crippen LogP contribution in [0.2, 0.25) is 0 Å². The Morgan fingerprint density at radius 3 is 2.65 bits per heavy atom. The Hall–Kier alpha value is -2.74. The molecule has 0 spiro atoms. The van der Waals surface area contributed by atoms with E-state index in [2.05, 4.69) is 43.0 Å². The maximum atomic E-state index is 5.30. The maximum Gasteiger partial charge on any atom is 0.200 e. The molecule has 4 rings (SSSR count). The lowest BCUT2D eigenvalue weighted by Gasteiger charge is -2.35. The van der Waals surface area contributed by atoms with Crippen molar-refractivity contribution in [3.05, 3.63) is 42.0 Å². The van der Waals surface area contributed by atoms with Gasteiger partial charge < -0.3 is 10.1 Å². The second kappa shape index (κ2) is 7.65. The fourth-order valence-electron chi connectivity index (χ4n) is 3.46. The first-order valence-corrected chi connectivity index (χ1v) is 9.01. The predicted molar refractivity (Wildman–Crippen MR) is 98.2 cm³/mol. The van der Waals surface area contributed by atoms with Gasteiger partial charge in [0.05, 0.1) is 13.2 Å². The number of likely N-dealkylation sites (tertiary alicyclic amines) is 1. The molecule has 2 aromatic heterocycles. The number of hydrogen-bond acceptors (Lipinski definition) is 7. The summed E-state index contributed by atoms with van der Waals surface area (Å²) in [6.45, 7) is 3.02. The van der Waals surface area contributed by atoms with Gasteiger partial charge in [-0.05, 0) is 66.2 Å². The van der Waals surface area contributed by atoms with Crippen molar-refractivity contribution in [2.75, 3.05) is 32.1 Å². The molecule has 1 atom stereocenters. The lowest BCUT2D eigenvalue weighted by molar-refractivity contribution is 0.170. The fraction of sp³-hybridized carbons (Fsp3) is 0.444. The smallest absolute Gasteiger partial charge is 0.200 e. The Morgan fingerprint density at radius 2 is 1.88 bits per heavy atom. The summed E-state index contributed by atoms with van der Waals surface area (Å²) in [4.78, 5) is 2.55. The highest BCUT2D eigenvalue weighted by molar-refractivity contribution is 5.42. The Labute approximate surface area is 152 Å². The number of tetrazole rings is 1. The van der Waals surface area contributed by atoms with E-state index in [1.807, 2.05) is 24.3 Å². The number of hydrogen-bond donors (Lipinski definition) is 1. The van der Waals surface area contributed by atoms with Crippen LogP contribution in [-0.4, -0.2) is 56.9 Å². The number of aromatic nitrogens is 5. The molecule has 8 nitrogen and oxygen atoms in total. The van der Waals surface area contributed by atoms with Crippen molar-refractivity contribution in [2.24, 2.45) is 0 Å². The van der Waals surface area contributed by atoms with E-state index in [1.54, 1.807) is 7.11 Å². The van der Waals surface area contributed by atoms with Crippen LogP contribution in [0.4, 0.5) is 5.82 Å². The number of nitrogens with zero attached hydrogens (tertiary/aromatic N) is 6. The molecule has 0 aliphatic carbocycles. The van der Waals surface area contributed by atoms with Gasteiger partial charge in [0.25, 0.3) is 0 Å². The number of benzene rings is 1. The van der Waals surface area contributed by atoms with Crippen molar-refractivity contribution in [1.82, 2.24) is 30.2 Å². The molecule has 136 valence electrons. The summed E-state index contributed by atoms with van der Waals surface area (Å²) in [6.07, 6.45) is 3.82. The third-order valence-corrected chi connectivity index (χ3v) is 4.88. The summed E-state index contributed by atoms with van der Waals surface area (Å²) < 4.78 is 6.73. The van der Waals surface area contributed by atoms with Crippen molar-refractivity contribution in [2.45, 2.75) is 25.3 Å². The molecule has 1 aliphatic rings. The molecule has 26 heavy (non-hydrogen) atoms. The van der Waals surface area contributed by atoms with Gasteiger partial charge in [-0.2, -0.15) is 0 Å². The summed E-state index contributed by atoms with van der Waals surface area (Å²) in [7, 11) is 1.69. The van der Waals surface area contributed by atoms with Gasteiger partial charge in [-0.15, -0.1) is 14.8 Å². The molecule has 1 fully saturated rings. The summed E-state index contributed by atoms with van der Waals surface area (Å²) in [5, 5.41) is 19.2. The molecule has 1 aromatic carbocycles. The molecule has 1 N–H and O–H groups in total. The second-order valence-corrected chi connectivity index (χ2v) is 6.51. The average Bonchev–Trinajstić information content (AvgIpc) is 3.17. The third kappa shape index (κ3) is 3.60. The third-order valence-electron chi connectivity index (χ3n) is 4.88. The van der Waals surface area contributed by atoms with Gasteiger partial charge in [-0.25, -0.2) is 0 Å². The van der Waals surface area contributed by atoms with E-state index in [1.165, 1.54) is 29.5 Å². The van der Waals surface area contributed by atoms with Gasteiger partial charge in [0.2, 0.25) is 0 Å². The first-order valence-electron chi connectivity index (χ1n) is 9.01. The number of nitrogens with one attached hydrogen (secondary N) is 1. The zero-order valence-corrected chi connectivity index (χ0v) is 14.9. The lowest BCUT2D eigenvalue weighted by Crippen LogP contribution is -2.37. The Balaban J connectivity index is 1.53. The van der Waals surface area contributed by atoms with E-state index in [-0.39, 0.29) is 6.04 Å². The van der Waals surface area contributed by atoms with Gasteiger partial charge in [0, 0.05) is 6.54 Å². The molecule has 1 saturated heterocycles. The minimum Gasteiger partial charge on any atom is -0.497 e. The fourth-order valence-corrected chi connectivity index (χ4v) is 3.46. The monoisotopic (exact) mass is 353 g/mol. The summed E-state index contributed by atoms with van der Waals surface area (Å²) in [5.41, 5.74) is 1.92. The van der Waals surface area contributed by atoms with Crippen LogP contribution >= 0.6 is 0 Å². The van der Waals surface area contributed by atoms with E-state index >= 15 is 0 Å². The summed E-state index contributed by atoms with van der Waals surface area (Å²) >= 11 is 0. The van der Waals surface area contributed by atoms with Crippen LogP contribution < -0.4 is 10.1 Å². The van der Waals surface area contributed by atoms with Gasteiger partial charge in [-0.3, -0.25) is 4.90 Å². The minimum atomic E-state index is 0.285. The number of fused-ring (bicyclic) bond motifs is 1. The average molecular weight is 353 g/mol. The molecule has 1 aliphatic heterocycles. The van der Waals surface area contributed by atoms with Crippen molar-refractivity contribution in [3.8, 4) is 5.75 Å². The molecule has 1 unspecified atom stereocenters. The second-order valence-electron chi connectivity index (χ2n) is 6.51. The molecule has 3 aromatic rings. The van der Waals surface area contributed by atoms with Crippen LogP contribution in [0, 0.1) is 0 Å². The topological polar surface area (TPSA) is 80.5 Å². The van der Waals surface area contributed by atoms with E-state index in [4.69, 9.17) is 4.74 Å². The molecule has 0 saturated carbocycles. The van der Waals surface area contributed by atoms with Gasteiger partial charge in [0.1, 0.15) is 11.6 Å². The van der Waals surface area contributed by atoms with Crippen molar-refractivity contribution in [3.63, 3.8) is 0 Å². The summed E-state index contributed by atoms with van der Waals surface area (Å²) in [6, 6.07) is 12.4. The van der Waals surface area contributed by atoms with Crippen LogP contribution in [0.1, 0.15) is 30.9 Å². The highest BCUT2D eigenvalue weighted by Crippen LogP contribution is 2.26. The maximum absolute atomic E-state index is 5.30. The first kappa shape index (κ1) is 16.7. The largest absolute Gasteiger partial charge is 0.497 e. The molecule has 0 radical (unpaired) electrons. The van der Waals surface area contributed by atoms with E-state index in [0.717, 1.165) is 31.2 Å².